The molecule has 0 aromatic rings. The Kier molecular flexibility index (Phi) is 4.47. The normalized spacial score (nSPS) is 13.2. The van der Waals surface area contributed by atoms with E-state index in [2.05, 4.69) is 20.0 Å². The fourth-order valence-electron chi connectivity index (χ4n) is 0.756. The first kappa shape index (κ1) is 11.6. The summed E-state index contributed by atoms with van der Waals surface area (Å²) < 4.78 is 0. The number of rotatable bonds is 4. The first-order chi connectivity index (χ1) is 5.33. The molecule has 0 unspecified atom stereocenters. The van der Waals surface area contributed by atoms with E-state index in [0.717, 1.165) is 12.6 Å². The van der Waals surface area contributed by atoms with Gasteiger partial charge < -0.3 is 5.11 Å². The molecule has 0 atom stereocenters. The minimum Gasteiger partial charge on any atom is -0.478 e. The quantitative estimate of drug-likeness (QED) is 0.544. The maximum atomic E-state index is 10.4. The van der Waals surface area contributed by atoms with E-state index >= 15 is 0 Å². The summed E-state index contributed by atoms with van der Waals surface area (Å²) in [4.78, 5) is 10.4. The molecule has 0 aromatic carbocycles. The lowest BCUT2D eigenvalue weighted by atomic mass is 10.2. The molecule has 0 heterocycles. The Morgan fingerprint density at radius 3 is 2.25 bits per heavy atom. The van der Waals surface area contributed by atoms with Crippen LogP contribution in [0.5, 0.6) is 0 Å². The van der Waals surface area contributed by atoms with Gasteiger partial charge in [0.15, 0.2) is 0 Å². The van der Waals surface area contributed by atoms with E-state index in [1.54, 1.807) is 6.92 Å². The molecule has 0 radical (unpaired) electrons. The van der Waals surface area contributed by atoms with Crippen molar-refractivity contribution in [1.29, 1.82) is 0 Å². The smallest absolute Gasteiger partial charge is 0.330 e. The number of hydrogen-bond donors (Lipinski definition) is 1. The van der Waals surface area contributed by atoms with E-state index in [1.807, 2.05) is 6.08 Å². The van der Waals surface area contributed by atoms with Crippen LogP contribution in [0.3, 0.4) is 0 Å². The van der Waals surface area contributed by atoms with Crippen LogP contribution in [0.25, 0.3) is 0 Å². The highest BCUT2D eigenvalue weighted by atomic mass is 31.2. The van der Waals surface area contributed by atoms with Crippen LogP contribution in [-0.4, -0.2) is 37.2 Å². The third kappa shape index (κ3) is 6.36. The van der Waals surface area contributed by atoms with Gasteiger partial charge in [0.2, 0.25) is 0 Å². The first-order valence-electron chi connectivity index (χ1n) is 4.03. The van der Waals surface area contributed by atoms with Crippen molar-refractivity contribution in [2.75, 3.05) is 26.2 Å². The molecule has 0 bridgehead atoms. The van der Waals surface area contributed by atoms with E-state index in [4.69, 9.17) is 5.11 Å². The molecule has 0 spiro atoms. The van der Waals surface area contributed by atoms with E-state index < -0.39 is 13.2 Å². The van der Waals surface area contributed by atoms with Gasteiger partial charge >= 0.3 is 5.97 Å². The molecule has 12 heavy (non-hydrogen) atoms. The Hall–Kier alpha value is -0.360. The van der Waals surface area contributed by atoms with E-state index in [1.165, 1.54) is 0 Å². The lowest BCUT2D eigenvalue weighted by molar-refractivity contribution is -0.132. The largest absolute Gasteiger partial charge is 0.478 e. The first-order valence-corrected chi connectivity index (χ1v) is 7.35. The summed E-state index contributed by atoms with van der Waals surface area (Å²) in [6, 6.07) is 0. The SMILES string of the molecule is CC(=CCC[P+](C)(C)C)C(=O)O. The molecule has 0 aliphatic rings. The number of allylic oxidation sites excluding steroid dienone is 1. The second-order valence-corrected chi connectivity index (χ2v) is 9.02. The topological polar surface area (TPSA) is 37.3 Å². The molecule has 0 saturated heterocycles. The van der Waals surface area contributed by atoms with Crippen molar-refractivity contribution < 1.29 is 9.90 Å². The van der Waals surface area contributed by atoms with Gasteiger partial charge in [-0.1, -0.05) is 6.08 Å². The van der Waals surface area contributed by atoms with Gasteiger partial charge in [-0.25, -0.2) is 4.79 Å². The second-order valence-electron chi connectivity index (χ2n) is 3.99. The Bertz CT molecular complexity index is 189. The Balaban J connectivity index is 3.83. The average molecular weight is 189 g/mol. The van der Waals surface area contributed by atoms with E-state index in [-0.39, 0.29) is 0 Å². The summed E-state index contributed by atoms with van der Waals surface area (Å²) in [6.07, 6.45) is 3.85. The number of carboxylic acid groups (broad SMARTS) is 1. The molecule has 1 N–H and O–H groups in total. The lowest BCUT2D eigenvalue weighted by Crippen LogP contribution is -1.97. The Morgan fingerprint density at radius 1 is 1.42 bits per heavy atom. The van der Waals surface area contributed by atoms with Gasteiger partial charge in [0.05, 0.1) is 6.16 Å². The predicted molar refractivity (Wildman–Crippen MR) is 55.6 cm³/mol. The van der Waals surface area contributed by atoms with Gasteiger partial charge in [0.1, 0.15) is 0 Å². The zero-order chi connectivity index (χ0) is 9.78. The van der Waals surface area contributed by atoms with Gasteiger partial charge in [-0.15, -0.1) is 0 Å². The van der Waals surface area contributed by atoms with Crippen molar-refractivity contribution in [2.45, 2.75) is 13.3 Å². The molecule has 0 aromatic heterocycles. The highest BCUT2D eigenvalue weighted by molar-refractivity contribution is 7.73. The molecule has 70 valence electrons. The van der Waals surface area contributed by atoms with Crippen LogP contribution in [0.15, 0.2) is 11.6 Å². The second kappa shape index (κ2) is 4.61. The summed E-state index contributed by atoms with van der Waals surface area (Å²) in [5, 5.41) is 8.55. The van der Waals surface area contributed by atoms with E-state index in [9.17, 15) is 4.79 Å². The summed E-state index contributed by atoms with van der Waals surface area (Å²) in [5.74, 6) is -0.803. The standard InChI is InChI=1S/C9H17O2P/c1-8(9(10)11)6-5-7-12(2,3)4/h6H,5,7H2,1-4H3/p+1. The van der Waals surface area contributed by atoms with Crippen LogP contribution in [0.2, 0.25) is 0 Å². The molecule has 0 rings (SSSR count). The molecule has 0 amide bonds. The molecule has 0 saturated carbocycles. The van der Waals surface area contributed by atoms with Crippen LogP contribution < -0.4 is 0 Å². The minimum absolute atomic E-state index is 0.462. The molecule has 3 heteroatoms. The van der Waals surface area contributed by atoms with Crippen molar-refractivity contribution >= 4 is 13.2 Å². The van der Waals surface area contributed by atoms with Crippen molar-refractivity contribution in [2.24, 2.45) is 0 Å². The number of carbonyl (C=O) groups is 1. The Labute approximate surface area is 75.0 Å². The number of aliphatic carboxylic acids is 1. The van der Waals surface area contributed by atoms with Gasteiger partial charge in [-0.05, 0) is 13.3 Å². The fourth-order valence-corrected chi connectivity index (χ4v) is 1.66. The molecule has 0 aliphatic heterocycles. The van der Waals surface area contributed by atoms with Crippen molar-refractivity contribution in [1.82, 2.24) is 0 Å². The monoisotopic (exact) mass is 189 g/mol. The lowest BCUT2D eigenvalue weighted by Gasteiger charge is -2.09. The van der Waals surface area contributed by atoms with Crippen LogP contribution in [0.1, 0.15) is 13.3 Å². The molecular weight excluding hydrogens is 171 g/mol. The fraction of sp³-hybridized carbons (Fsp3) is 0.667. The maximum absolute atomic E-state index is 10.4. The molecule has 0 aliphatic carbocycles. The number of hydrogen-bond acceptors (Lipinski definition) is 1. The van der Waals surface area contributed by atoms with Crippen molar-refractivity contribution in [3.63, 3.8) is 0 Å². The summed E-state index contributed by atoms with van der Waals surface area (Å²) in [5.41, 5.74) is 0.462. The van der Waals surface area contributed by atoms with Crippen LogP contribution in [0, 0.1) is 0 Å². The van der Waals surface area contributed by atoms with Crippen LogP contribution in [-0.2, 0) is 4.79 Å². The highest BCUT2D eigenvalue weighted by Gasteiger charge is 2.15. The highest BCUT2D eigenvalue weighted by Crippen LogP contribution is 2.46. The third-order valence-electron chi connectivity index (χ3n) is 1.59. The molecular formula is C9H18O2P+. The number of carboxylic acids is 1. The van der Waals surface area contributed by atoms with Crippen molar-refractivity contribution in [3.05, 3.63) is 11.6 Å². The third-order valence-corrected chi connectivity index (χ3v) is 3.19. The summed E-state index contributed by atoms with van der Waals surface area (Å²) in [6.45, 7) is 8.42. The zero-order valence-electron chi connectivity index (χ0n) is 8.29. The molecule has 0 fully saturated rings. The zero-order valence-corrected chi connectivity index (χ0v) is 9.19. The van der Waals surface area contributed by atoms with Crippen LogP contribution in [0.4, 0.5) is 0 Å². The van der Waals surface area contributed by atoms with Gasteiger partial charge in [-0.3, -0.25) is 0 Å². The van der Waals surface area contributed by atoms with Crippen molar-refractivity contribution in [3.8, 4) is 0 Å². The van der Waals surface area contributed by atoms with Crippen LogP contribution >= 0.6 is 7.26 Å². The molecule has 2 nitrogen and oxygen atoms in total. The Morgan fingerprint density at radius 2 is 1.92 bits per heavy atom. The van der Waals surface area contributed by atoms with Gasteiger partial charge in [0.25, 0.3) is 0 Å². The van der Waals surface area contributed by atoms with Gasteiger partial charge in [0, 0.05) is 32.8 Å². The predicted octanol–water partition coefficient (Wildman–Crippen LogP) is 2.31. The summed E-state index contributed by atoms with van der Waals surface area (Å²) in [7, 11) is -0.740. The van der Waals surface area contributed by atoms with E-state index in [0.29, 0.717) is 5.57 Å². The maximum Gasteiger partial charge on any atom is 0.330 e. The average Bonchev–Trinajstić information content (AvgIpc) is 1.84. The summed E-state index contributed by atoms with van der Waals surface area (Å²) >= 11 is 0. The van der Waals surface area contributed by atoms with Gasteiger partial charge in [-0.2, -0.15) is 0 Å². The minimum atomic E-state index is -0.803.